The molecule has 0 aliphatic carbocycles. The van der Waals surface area contributed by atoms with Gasteiger partial charge in [0.05, 0.1) is 17.3 Å². The van der Waals surface area contributed by atoms with Crippen molar-refractivity contribution in [2.75, 3.05) is 5.01 Å². The lowest BCUT2D eigenvalue weighted by Gasteiger charge is -2.20. The average Bonchev–Trinajstić information content (AvgIpc) is 2.83. The summed E-state index contributed by atoms with van der Waals surface area (Å²) in [6.07, 6.45) is 0.347. The van der Waals surface area contributed by atoms with Gasteiger partial charge in [0.1, 0.15) is 0 Å². The van der Waals surface area contributed by atoms with Crippen LogP contribution in [-0.4, -0.2) is 22.9 Å². The molecule has 0 spiro atoms. The summed E-state index contributed by atoms with van der Waals surface area (Å²) >= 11 is 5.84. The minimum absolute atomic E-state index is 0.0209. The third kappa shape index (κ3) is 6.41. The number of hydrogen-bond acceptors (Lipinski definition) is 4. The van der Waals surface area contributed by atoms with Crippen LogP contribution >= 0.6 is 11.6 Å². The van der Waals surface area contributed by atoms with Gasteiger partial charge in [-0.3, -0.25) is 9.59 Å². The molecule has 0 aliphatic heterocycles. The van der Waals surface area contributed by atoms with Gasteiger partial charge in [0.2, 0.25) is 11.8 Å². The highest BCUT2D eigenvalue weighted by Crippen LogP contribution is 2.24. The summed E-state index contributed by atoms with van der Waals surface area (Å²) in [4.78, 5) is 36.6. The number of hydrogen-bond donors (Lipinski definition) is 3. The van der Waals surface area contributed by atoms with Crippen molar-refractivity contribution in [3.63, 3.8) is 0 Å². The molecule has 170 valence electrons. The molecule has 3 aromatic rings. The zero-order valence-electron chi connectivity index (χ0n) is 17.8. The number of nitrogens with one attached hydrogen (secondary N) is 1. The first-order chi connectivity index (χ1) is 15.9. The van der Waals surface area contributed by atoms with Crippen LogP contribution in [0.5, 0.6) is 0 Å². The fraction of sp³-hybridized carbons (Fsp3) is 0.160. The van der Waals surface area contributed by atoms with Crippen molar-refractivity contribution < 1.29 is 19.5 Å². The number of anilines is 1. The van der Waals surface area contributed by atoms with Gasteiger partial charge in [0.15, 0.2) is 0 Å². The Morgan fingerprint density at radius 2 is 1.48 bits per heavy atom. The second kappa shape index (κ2) is 11.3. The van der Waals surface area contributed by atoms with E-state index in [4.69, 9.17) is 17.4 Å². The number of nitrogens with zero attached hydrogens (tertiary/aromatic N) is 1. The number of halogens is 1. The van der Waals surface area contributed by atoms with E-state index < -0.39 is 11.9 Å². The molecule has 0 atom stereocenters. The zero-order valence-corrected chi connectivity index (χ0v) is 18.5. The molecule has 0 heterocycles. The molecule has 7 nitrogen and oxygen atoms in total. The maximum atomic E-state index is 12.6. The highest BCUT2D eigenvalue weighted by molar-refractivity contribution is 6.31. The van der Waals surface area contributed by atoms with Gasteiger partial charge in [-0.1, -0.05) is 72.3 Å². The topological polar surface area (TPSA) is 113 Å². The SMILES string of the molecule is NN(C(=O)CCCC(=O)NC(c1ccccc1)c1ccccc1)c1ccc(Cl)cc1C(=O)O. The number of benzene rings is 3. The number of carboxylic acid groups (broad SMARTS) is 1. The minimum Gasteiger partial charge on any atom is -0.478 e. The smallest absolute Gasteiger partial charge is 0.337 e. The summed E-state index contributed by atoms with van der Waals surface area (Å²) in [7, 11) is 0. The quantitative estimate of drug-likeness (QED) is 0.247. The van der Waals surface area contributed by atoms with Gasteiger partial charge in [-0.05, 0) is 35.7 Å². The number of aromatic carboxylic acids is 1. The van der Waals surface area contributed by atoms with E-state index >= 15 is 0 Å². The highest BCUT2D eigenvalue weighted by Gasteiger charge is 2.20. The molecule has 0 radical (unpaired) electrons. The zero-order chi connectivity index (χ0) is 23.8. The van der Waals surface area contributed by atoms with Crippen molar-refractivity contribution in [1.29, 1.82) is 0 Å². The molecular weight excluding hydrogens is 442 g/mol. The van der Waals surface area contributed by atoms with E-state index in [-0.39, 0.29) is 47.5 Å². The molecule has 4 N–H and O–H groups in total. The molecule has 3 aromatic carbocycles. The first-order valence-corrected chi connectivity index (χ1v) is 10.7. The Kier molecular flexibility index (Phi) is 8.18. The molecule has 33 heavy (non-hydrogen) atoms. The van der Waals surface area contributed by atoms with Gasteiger partial charge in [0.25, 0.3) is 0 Å². The van der Waals surface area contributed by atoms with Crippen LogP contribution in [0.15, 0.2) is 78.9 Å². The average molecular weight is 466 g/mol. The lowest BCUT2D eigenvalue weighted by Crippen LogP contribution is -2.38. The second-order valence-corrected chi connectivity index (χ2v) is 7.84. The summed E-state index contributed by atoms with van der Waals surface area (Å²) in [6.45, 7) is 0. The van der Waals surface area contributed by atoms with Crippen molar-refractivity contribution in [2.45, 2.75) is 25.3 Å². The van der Waals surface area contributed by atoms with Crippen molar-refractivity contribution in [3.05, 3.63) is 101 Å². The standard InChI is InChI=1S/C25H24ClN3O4/c26-19-14-15-21(20(16-19)25(32)33)29(27)23(31)13-7-12-22(30)28-24(17-8-3-1-4-9-17)18-10-5-2-6-11-18/h1-6,8-11,14-16,24H,7,12-13,27H2,(H,28,30)(H,32,33). The van der Waals surface area contributed by atoms with Gasteiger partial charge in [0, 0.05) is 17.9 Å². The maximum absolute atomic E-state index is 12.6. The van der Waals surface area contributed by atoms with Crippen molar-refractivity contribution >= 4 is 35.1 Å². The molecular formula is C25H24ClN3O4. The summed E-state index contributed by atoms with van der Waals surface area (Å²) < 4.78 is 0. The lowest BCUT2D eigenvalue weighted by molar-refractivity contribution is -0.122. The van der Waals surface area contributed by atoms with E-state index in [1.165, 1.54) is 18.2 Å². The molecule has 8 heteroatoms. The number of carboxylic acids is 1. The molecule has 0 unspecified atom stereocenters. The molecule has 3 rings (SSSR count). The Labute approximate surface area is 196 Å². The van der Waals surface area contributed by atoms with Crippen LogP contribution in [0, 0.1) is 0 Å². The van der Waals surface area contributed by atoms with E-state index in [2.05, 4.69) is 5.32 Å². The molecule has 0 aliphatic rings. The minimum atomic E-state index is -1.25. The monoisotopic (exact) mass is 465 g/mol. The number of carbonyl (C=O) groups excluding carboxylic acids is 2. The number of hydrazine groups is 1. The first-order valence-electron chi connectivity index (χ1n) is 10.4. The Hall–Kier alpha value is -3.68. The number of nitrogens with two attached hydrogens (primary N) is 1. The Bertz CT molecular complexity index is 1080. The first kappa shape index (κ1) is 24.0. The predicted octanol–water partition coefficient (Wildman–Crippen LogP) is 4.32. The van der Waals surface area contributed by atoms with Crippen LogP contribution in [0.2, 0.25) is 5.02 Å². The maximum Gasteiger partial charge on any atom is 0.337 e. The highest BCUT2D eigenvalue weighted by atomic mass is 35.5. The molecule has 0 saturated carbocycles. The normalized spacial score (nSPS) is 10.6. The third-order valence-corrected chi connectivity index (χ3v) is 5.32. The van der Waals surface area contributed by atoms with Gasteiger partial charge >= 0.3 is 5.97 Å². The summed E-state index contributed by atoms with van der Waals surface area (Å²) in [6, 6.07) is 23.0. The van der Waals surface area contributed by atoms with E-state index in [1.54, 1.807) is 0 Å². The summed E-state index contributed by atoms with van der Waals surface area (Å²) in [5.74, 6) is 3.90. The van der Waals surface area contributed by atoms with Gasteiger partial charge in [-0.15, -0.1) is 0 Å². The number of carbonyl (C=O) groups is 3. The predicted molar refractivity (Wildman–Crippen MR) is 127 cm³/mol. The number of rotatable bonds is 9. The lowest BCUT2D eigenvalue weighted by atomic mass is 9.98. The fourth-order valence-corrected chi connectivity index (χ4v) is 3.60. The van der Waals surface area contributed by atoms with Gasteiger partial charge < -0.3 is 10.4 Å². The molecule has 2 amide bonds. The van der Waals surface area contributed by atoms with Crippen LogP contribution in [0.25, 0.3) is 0 Å². The van der Waals surface area contributed by atoms with Gasteiger partial charge in [-0.2, -0.15) is 0 Å². The number of amides is 2. The van der Waals surface area contributed by atoms with Crippen molar-refractivity contribution in [3.8, 4) is 0 Å². The van der Waals surface area contributed by atoms with E-state index in [0.717, 1.165) is 16.1 Å². The van der Waals surface area contributed by atoms with Crippen LogP contribution < -0.4 is 16.2 Å². The van der Waals surface area contributed by atoms with Gasteiger partial charge in [-0.25, -0.2) is 15.6 Å². The Balaban J connectivity index is 1.60. The summed E-state index contributed by atoms with van der Waals surface area (Å²) in [5, 5.41) is 13.4. The van der Waals surface area contributed by atoms with Crippen LogP contribution in [0.3, 0.4) is 0 Å². The van der Waals surface area contributed by atoms with Crippen LogP contribution in [-0.2, 0) is 9.59 Å². The van der Waals surface area contributed by atoms with Crippen molar-refractivity contribution in [1.82, 2.24) is 5.32 Å². The molecule has 0 fully saturated rings. The largest absolute Gasteiger partial charge is 0.478 e. The van der Waals surface area contributed by atoms with E-state index in [0.29, 0.717) is 0 Å². The third-order valence-electron chi connectivity index (χ3n) is 5.08. The summed E-state index contributed by atoms with van der Waals surface area (Å²) in [5.41, 5.74) is 1.76. The van der Waals surface area contributed by atoms with Crippen LogP contribution in [0.1, 0.15) is 46.8 Å². The molecule has 0 bridgehead atoms. The molecule has 0 aromatic heterocycles. The molecule has 0 saturated heterocycles. The van der Waals surface area contributed by atoms with E-state index in [9.17, 15) is 19.5 Å². The Morgan fingerprint density at radius 1 is 0.909 bits per heavy atom. The van der Waals surface area contributed by atoms with E-state index in [1.807, 2.05) is 60.7 Å². The second-order valence-electron chi connectivity index (χ2n) is 7.41. The van der Waals surface area contributed by atoms with Crippen LogP contribution in [0.4, 0.5) is 5.69 Å². The Morgan fingerprint density at radius 3 is 2.03 bits per heavy atom. The fourth-order valence-electron chi connectivity index (χ4n) is 3.43. The van der Waals surface area contributed by atoms with Crippen molar-refractivity contribution in [2.24, 2.45) is 5.84 Å².